The number of anilines is 1. The van der Waals surface area contributed by atoms with Gasteiger partial charge in [-0.15, -0.1) is 0 Å². The van der Waals surface area contributed by atoms with Crippen LogP contribution in [0.25, 0.3) is 0 Å². The molecule has 120 valence electrons. The van der Waals surface area contributed by atoms with Crippen LogP contribution in [0.5, 0.6) is 5.75 Å². The summed E-state index contributed by atoms with van der Waals surface area (Å²) >= 11 is 0. The van der Waals surface area contributed by atoms with Crippen LogP contribution in [0.2, 0.25) is 0 Å². The van der Waals surface area contributed by atoms with Gasteiger partial charge in [0.25, 0.3) is 5.69 Å². The maximum Gasteiger partial charge on any atom is 0.387 e. The number of nitrogens with zero attached hydrogens (tertiary/aromatic N) is 2. The van der Waals surface area contributed by atoms with Crippen molar-refractivity contribution < 1.29 is 23.2 Å². The first-order chi connectivity index (χ1) is 11.0. The minimum atomic E-state index is -3.06. The average Bonchev–Trinajstić information content (AvgIpc) is 2.49. The largest absolute Gasteiger partial charge is 0.431 e. The van der Waals surface area contributed by atoms with Gasteiger partial charge in [-0.3, -0.25) is 14.9 Å². The molecule has 0 aliphatic heterocycles. The predicted octanol–water partition coefficient (Wildman–Crippen LogP) is 2.77. The molecule has 0 saturated heterocycles. The Morgan fingerprint density at radius 3 is 2.74 bits per heavy atom. The van der Waals surface area contributed by atoms with Crippen molar-refractivity contribution >= 4 is 17.4 Å². The van der Waals surface area contributed by atoms with Gasteiger partial charge in [-0.05, 0) is 12.1 Å². The maximum absolute atomic E-state index is 12.3. The Hall–Kier alpha value is -3.10. The smallest absolute Gasteiger partial charge is 0.387 e. The normalized spacial score (nSPS) is 10.4. The molecular formula is C14H11F2N3O4. The van der Waals surface area contributed by atoms with Crippen molar-refractivity contribution in [2.24, 2.45) is 0 Å². The highest BCUT2D eigenvalue weighted by Gasteiger charge is 2.17. The third-order valence-corrected chi connectivity index (χ3v) is 2.78. The zero-order valence-electron chi connectivity index (χ0n) is 11.6. The highest BCUT2D eigenvalue weighted by molar-refractivity contribution is 5.93. The number of carbonyl (C=O) groups excluding carboxylic acids is 1. The zero-order valence-corrected chi connectivity index (χ0v) is 11.6. The third kappa shape index (κ3) is 4.43. The number of hydrogen-bond acceptors (Lipinski definition) is 5. The molecule has 1 aromatic heterocycles. The molecule has 0 radical (unpaired) electrons. The van der Waals surface area contributed by atoms with E-state index in [0.29, 0.717) is 0 Å². The van der Waals surface area contributed by atoms with E-state index in [-0.39, 0.29) is 29.2 Å². The zero-order chi connectivity index (χ0) is 16.8. The topological polar surface area (TPSA) is 94.4 Å². The number of hydrogen-bond donors (Lipinski definition) is 1. The molecule has 0 aliphatic carbocycles. The third-order valence-electron chi connectivity index (χ3n) is 2.78. The van der Waals surface area contributed by atoms with E-state index in [0.717, 1.165) is 0 Å². The van der Waals surface area contributed by atoms with Crippen LogP contribution in [0.4, 0.5) is 20.3 Å². The number of rotatable bonds is 6. The Kier molecular flexibility index (Phi) is 5.13. The summed E-state index contributed by atoms with van der Waals surface area (Å²) in [5.41, 5.74) is -0.00464. The lowest BCUT2D eigenvalue weighted by Crippen LogP contribution is -2.17. The number of carbonyl (C=O) groups is 1. The van der Waals surface area contributed by atoms with Gasteiger partial charge in [-0.2, -0.15) is 8.78 Å². The summed E-state index contributed by atoms with van der Waals surface area (Å²) in [4.78, 5) is 26.0. The minimum absolute atomic E-state index is 0.184. The highest BCUT2D eigenvalue weighted by atomic mass is 19.3. The molecule has 1 amide bonds. The SMILES string of the molecule is O=C(Cc1ccccc1[N+](=O)[O-])Nc1ncccc1OC(F)F. The molecule has 7 nitrogen and oxygen atoms in total. The fraction of sp³-hybridized carbons (Fsp3) is 0.143. The molecule has 0 bridgehead atoms. The molecule has 0 atom stereocenters. The van der Waals surface area contributed by atoms with E-state index in [4.69, 9.17) is 0 Å². The van der Waals surface area contributed by atoms with Crippen LogP contribution >= 0.6 is 0 Å². The van der Waals surface area contributed by atoms with Gasteiger partial charge in [0, 0.05) is 17.8 Å². The number of nitro groups is 1. The lowest BCUT2D eigenvalue weighted by atomic mass is 10.1. The number of amides is 1. The van der Waals surface area contributed by atoms with Gasteiger partial charge < -0.3 is 10.1 Å². The van der Waals surface area contributed by atoms with Crippen molar-refractivity contribution in [2.45, 2.75) is 13.0 Å². The first kappa shape index (κ1) is 16.3. The number of alkyl halides is 2. The number of aromatic nitrogens is 1. The summed E-state index contributed by atoms with van der Waals surface area (Å²) in [7, 11) is 0. The molecule has 0 aliphatic rings. The lowest BCUT2D eigenvalue weighted by molar-refractivity contribution is -0.385. The summed E-state index contributed by atoms with van der Waals surface area (Å²) in [6.07, 6.45) is 0.987. The summed E-state index contributed by atoms with van der Waals surface area (Å²) in [6, 6.07) is 8.34. The number of nitrogens with one attached hydrogen (secondary N) is 1. The second-order valence-electron chi connectivity index (χ2n) is 4.34. The first-order valence-corrected chi connectivity index (χ1v) is 6.39. The van der Waals surface area contributed by atoms with E-state index < -0.39 is 17.4 Å². The molecule has 9 heteroatoms. The average molecular weight is 323 g/mol. The Bertz CT molecular complexity index is 725. The lowest BCUT2D eigenvalue weighted by Gasteiger charge is -2.10. The summed E-state index contributed by atoms with van der Waals surface area (Å²) in [5.74, 6) is -1.12. The van der Waals surface area contributed by atoms with E-state index in [1.54, 1.807) is 6.07 Å². The van der Waals surface area contributed by atoms with Gasteiger partial charge in [0.05, 0.1) is 11.3 Å². The number of para-hydroxylation sites is 1. The standard InChI is InChI=1S/C14H11F2N3O4/c15-14(16)23-11-6-3-7-17-13(11)18-12(20)8-9-4-1-2-5-10(9)19(21)22/h1-7,14H,8H2,(H,17,18,20). The Morgan fingerprint density at radius 1 is 1.30 bits per heavy atom. The summed E-state index contributed by atoms with van der Waals surface area (Å²) in [6.45, 7) is -3.06. The van der Waals surface area contributed by atoms with Gasteiger partial charge in [0.15, 0.2) is 11.6 Å². The number of benzene rings is 1. The van der Waals surface area contributed by atoms with Crippen molar-refractivity contribution in [1.29, 1.82) is 0 Å². The maximum atomic E-state index is 12.3. The van der Waals surface area contributed by atoms with Gasteiger partial charge in [0.2, 0.25) is 5.91 Å². The molecule has 1 aromatic carbocycles. The van der Waals surface area contributed by atoms with Crippen molar-refractivity contribution in [3.63, 3.8) is 0 Å². The second kappa shape index (κ2) is 7.25. The van der Waals surface area contributed by atoms with Crippen LogP contribution in [-0.2, 0) is 11.2 Å². The molecule has 0 fully saturated rings. The first-order valence-electron chi connectivity index (χ1n) is 6.39. The monoisotopic (exact) mass is 323 g/mol. The molecule has 0 saturated carbocycles. The molecule has 1 N–H and O–H groups in total. The fourth-order valence-corrected chi connectivity index (χ4v) is 1.86. The van der Waals surface area contributed by atoms with E-state index in [2.05, 4.69) is 15.0 Å². The van der Waals surface area contributed by atoms with Crippen LogP contribution in [0, 0.1) is 10.1 Å². The Labute approximate surface area is 129 Å². The van der Waals surface area contributed by atoms with Crippen LogP contribution in [0.3, 0.4) is 0 Å². The second-order valence-corrected chi connectivity index (χ2v) is 4.34. The van der Waals surface area contributed by atoms with E-state index in [1.165, 1.54) is 36.5 Å². The molecule has 1 heterocycles. The van der Waals surface area contributed by atoms with E-state index in [9.17, 15) is 23.7 Å². The Balaban J connectivity index is 2.13. The summed E-state index contributed by atoms with van der Waals surface area (Å²) in [5, 5.41) is 13.2. The fourth-order valence-electron chi connectivity index (χ4n) is 1.86. The van der Waals surface area contributed by atoms with Gasteiger partial charge in [0.1, 0.15) is 0 Å². The van der Waals surface area contributed by atoms with E-state index in [1.807, 2.05) is 0 Å². The van der Waals surface area contributed by atoms with Crippen molar-refractivity contribution in [1.82, 2.24) is 4.98 Å². The minimum Gasteiger partial charge on any atom is -0.431 e. The molecule has 0 unspecified atom stereocenters. The summed E-state index contributed by atoms with van der Waals surface area (Å²) < 4.78 is 28.8. The molecule has 2 aromatic rings. The van der Waals surface area contributed by atoms with Crippen LogP contribution in [0.1, 0.15) is 5.56 Å². The molecule has 2 rings (SSSR count). The molecule has 23 heavy (non-hydrogen) atoms. The van der Waals surface area contributed by atoms with Crippen molar-refractivity contribution in [3.8, 4) is 5.75 Å². The quantitative estimate of drug-likeness (QED) is 0.651. The van der Waals surface area contributed by atoms with Crippen LogP contribution < -0.4 is 10.1 Å². The molecule has 0 spiro atoms. The number of ether oxygens (including phenoxy) is 1. The molecular weight excluding hydrogens is 312 g/mol. The number of nitro benzene ring substituents is 1. The van der Waals surface area contributed by atoms with E-state index >= 15 is 0 Å². The van der Waals surface area contributed by atoms with Crippen molar-refractivity contribution in [3.05, 3.63) is 58.3 Å². The highest BCUT2D eigenvalue weighted by Crippen LogP contribution is 2.24. The van der Waals surface area contributed by atoms with Crippen LogP contribution in [0.15, 0.2) is 42.6 Å². The predicted molar refractivity (Wildman–Crippen MR) is 76.3 cm³/mol. The Morgan fingerprint density at radius 2 is 2.04 bits per heavy atom. The van der Waals surface area contributed by atoms with Crippen molar-refractivity contribution in [2.75, 3.05) is 5.32 Å². The number of halogens is 2. The van der Waals surface area contributed by atoms with Gasteiger partial charge >= 0.3 is 6.61 Å². The number of pyridine rings is 1. The van der Waals surface area contributed by atoms with Crippen LogP contribution in [-0.4, -0.2) is 22.4 Å². The van der Waals surface area contributed by atoms with Gasteiger partial charge in [-0.1, -0.05) is 18.2 Å². The van der Waals surface area contributed by atoms with Gasteiger partial charge in [-0.25, -0.2) is 4.98 Å².